The molecule has 0 radical (unpaired) electrons. The summed E-state index contributed by atoms with van der Waals surface area (Å²) in [5, 5.41) is 12.8. The Hall–Kier alpha value is -2.13. The van der Waals surface area contributed by atoms with Crippen molar-refractivity contribution in [2.75, 3.05) is 13.1 Å². The number of hydrogen-bond acceptors (Lipinski definition) is 7. The normalized spacial score (nSPS) is 15.2. The minimum Gasteiger partial charge on any atom is -0.393 e. The van der Waals surface area contributed by atoms with E-state index < -0.39 is 30.1 Å². The highest BCUT2D eigenvalue weighted by Gasteiger charge is 2.32. The molecule has 0 heterocycles. The van der Waals surface area contributed by atoms with Crippen LogP contribution in [0.5, 0.6) is 0 Å². The summed E-state index contributed by atoms with van der Waals surface area (Å²) in [6, 6.07) is 8.67. The number of aliphatic hydroxyl groups is 1. The number of rotatable bonds is 15. The van der Waals surface area contributed by atoms with E-state index >= 15 is 0 Å². The van der Waals surface area contributed by atoms with Crippen molar-refractivity contribution in [2.45, 2.75) is 64.9 Å². The maximum absolute atomic E-state index is 12.9. The molecule has 0 saturated heterocycles. The zero-order chi connectivity index (χ0) is 23.4. The van der Waals surface area contributed by atoms with Crippen LogP contribution in [-0.2, 0) is 25.7 Å². The summed E-state index contributed by atoms with van der Waals surface area (Å²) >= 11 is 0. The zero-order valence-electron chi connectivity index (χ0n) is 18.8. The highest BCUT2D eigenvalue weighted by molar-refractivity contribution is 5.93. The lowest BCUT2D eigenvalue weighted by atomic mass is 9.92. The summed E-state index contributed by atoms with van der Waals surface area (Å²) in [4.78, 5) is 38.0. The van der Waals surface area contributed by atoms with Gasteiger partial charge in [0.2, 0.25) is 5.91 Å². The molecule has 8 heteroatoms. The molecular weight excluding hydrogens is 398 g/mol. The number of benzene rings is 1. The Morgan fingerprint density at radius 1 is 1.03 bits per heavy atom. The fraction of sp³-hybridized carbons (Fsp3) is 0.609. The molecule has 0 unspecified atom stereocenters. The smallest absolute Gasteiger partial charge is 0.226 e. The first-order chi connectivity index (χ1) is 14.7. The van der Waals surface area contributed by atoms with Crippen LogP contribution in [0, 0.1) is 11.8 Å². The van der Waals surface area contributed by atoms with E-state index in [0.29, 0.717) is 12.8 Å². The Morgan fingerprint density at radius 3 is 2.16 bits per heavy atom. The molecule has 0 fully saturated rings. The first kappa shape index (κ1) is 26.9. The van der Waals surface area contributed by atoms with Crippen molar-refractivity contribution in [2.24, 2.45) is 23.3 Å². The van der Waals surface area contributed by atoms with E-state index in [0.717, 1.165) is 5.56 Å². The number of Topliss-reactive ketones (excluding diaryl/α,β-unsaturated/α-hetero) is 2. The van der Waals surface area contributed by atoms with Crippen molar-refractivity contribution in [3.05, 3.63) is 35.9 Å². The van der Waals surface area contributed by atoms with Gasteiger partial charge in [0, 0.05) is 12.3 Å². The SMILES string of the molecule is CC(C)C(=O)[C@H](CCN)NC(=O)[C@@H](CC(=O)[C@H](CCN)OCc1ccccc1)[C@H](C)O. The predicted molar refractivity (Wildman–Crippen MR) is 119 cm³/mol. The molecule has 0 aromatic heterocycles. The maximum Gasteiger partial charge on any atom is 0.226 e. The van der Waals surface area contributed by atoms with E-state index in [1.165, 1.54) is 6.92 Å². The second-order valence-corrected chi connectivity index (χ2v) is 8.08. The molecule has 1 aromatic carbocycles. The average Bonchev–Trinajstić information content (AvgIpc) is 2.74. The van der Waals surface area contributed by atoms with Crippen LogP contribution in [0.2, 0.25) is 0 Å². The van der Waals surface area contributed by atoms with Crippen LogP contribution < -0.4 is 16.8 Å². The fourth-order valence-electron chi connectivity index (χ4n) is 3.22. The lowest BCUT2D eigenvalue weighted by molar-refractivity contribution is -0.140. The molecule has 0 aliphatic carbocycles. The fourth-order valence-corrected chi connectivity index (χ4v) is 3.22. The van der Waals surface area contributed by atoms with Gasteiger partial charge in [-0.2, -0.15) is 0 Å². The topological polar surface area (TPSA) is 145 Å². The van der Waals surface area contributed by atoms with Gasteiger partial charge in [0.05, 0.1) is 24.7 Å². The molecule has 8 nitrogen and oxygen atoms in total. The number of ether oxygens (including phenoxy) is 1. The number of ketones is 2. The quantitative estimate of drug-likeness (QED) is 0.321. The molecule has 0 aliphatic rings. The second kappa shape index (κ2) is 14.0. The van der Waals surface area contributed by atoms with E-state index in [-0.39, 0.29) is 43.6 Å². The number of nitrogens with two attached hydrogens (primary N) is 2. The van der Waals surface area contributed by atoms with E-state index in [1.54, 1.807) is 13.8 Å². The average molecular weight is 436 g/mol. The Labute approximate surface area is 184 Å². The highest BCUT2D eigenvalue weighted by atomic mass is 16.5. The molecule has 31 heavy (non-hydrogen) atoms. The van der Waals surface area contributed by atoms with Crippen LogP contribution in [0.1, 0.15) is 45.6 Å². The van der Waals surface area contributed by atoms with Crippen molar-refractivity contribution in [1.82, 2.24) is 5.32 Å². The van der Waals surface area contributed by atoms with Gasteiger partial charge in [-0.25, -0.2) is 0 Å². The Balaban J connectivity index is 2.83. The van der Waals surface area contributed by atoms with Crippen molar-refractivity contribution in [3.8, 4) is 0 Å². The summed E-state index contributed by atoms with van der Waals surface area (Å²) < 4.78 is 5.77. The Bertz CT molecular complexity index is 694. The number of hydrogen-bond donors (Lipinski definition) is 4. The summed E-state index contributed by atoms with van der Waals surface area (Å²) in [5.74, 6) is -2.28. The summed E-state index contributed by atoms with van der Waals surface area (Å²) in [6.45, 7) is 5.66. The van der Waals surface area contributed by atoms with E-state index in [2.05, 4.69) is 5.32 Å². The van der Waals surface area contributed by atoms with Gasteiger partial charge in [-0.3, -0.25) is 14.4 Å². The van der Waals surface area contributed by atoms with Gasteiger partial charge < -0.3 is 26.6 Å². The first-order valence-electron chi connectivity index (χ1n) is 10.8. The van der Waals surface area contributed by atoms with Crippen molar-refractivity contribution >= 4 is 17.5 Å². The number of aliphatic hydroxyl groups excluding tert-OH is 1. The molecule has 1 aromatic rings. The summed E-state index contributed by atoms with van der Waals surface area (Å²) in [7, 11) is 0. The number of amides is 1. The van der Waals surface area contributed by atoms with Crippen LogP contribution in [0.25, 0.3) is 0 Å². The molecular formula is C23H37N3O5. The molecule has 0 spiro atoms. The van der Waals surface area contributed by atoms with Crippen LogP contribution >= 0.6 is 0 Å². The third kappa shape index (κ3) is 9.26. The number of nitrogens with one attached hydrogen (secondary N) is 1. The van der Waals surface area contributed by atoms with Crippen LogP contribution in [0.15, 0.2) is 30.3 Å². The van der Waals surface area contributed by atoms with E-state index in [9.17, 15) is 19.5 Å². The number of carbonyl (C=O) groups excluding carboxylic acids is 3. The lowest BCUT2D eigenvalue weighted by Crippen LogP contribution is -2.48. The molecule has 174 valence electrons. The van der Waals surface area contributed by atoms with Crippen LogP contribution in [-0.4, -0.2) is 53.9 Å². The lowest BCUT2D eigenvalue weighted by Gasteiger charge is -2.25. The molecule has 1 rings (SSSR count). The zero-order valence-corrected chi connectivity index (χ0v) is 18.8. The molecule has 1 amide bonds. The number of carbonyl (C=O) groups is 3. The minimum atomic E-state index is -1.08. The molecule has 6 N–H and O–H groups in total. The van der Waals surface area contributed by atoms with Gasteiger partial charge in [-0.1, -0.05) is 44.2 Å². The van der Waals surface area contributed by atoms with Gasteiger partial charge >= 0.3 is 0 Å². The highest BCUT2D eigenvalue weighted by Crippen LogP contribution is 2.16. The maximum atomic E-state index is 12.9. The second-order valence-electron chi connectivity index (χ2n) is 8.08. The third-order valence-corrected chi connectivity index (χ3v) is 5.11. The summed E-state index contributed by atoms with van der Waals surface area (Å²) in [6.07, 6.45) is -1.48. The minimum absolute atomic E-state index is 0.137. The van der Waals surface area contributed by atoms with Crippen molar-refractivity contribution < 1.29 is 24.2 Å². The van der Waals surface area contributed by atoms with Gasteiger partial charge in [0.15, 0.2) is 11.6 Å². The van der Waals surface area contributed by atoms with Gasteiger partial charge in [0.1, 0.15) is 6.10 Å². The molecule has 0 bridgehead atoms. The van der Waals surface area contributed by atoms with Gasteiger partial charge in [-0.15, -0.1) is 0 Å². The molecule has 0 saturated carbocycles. The van der Waals surface area contributed by atoms with E-state index in [4.69, 9.17) is 16.2 Å². The standard InChI is InChI=1S/C23H37N3O5/c1-15(2)22(29)19(9-11-24)26-23(30)18(16(3)27)13-20(28)21(10-12-25)31-14-17-7-5-4-6-8-17/h4-8,15-16,18-19,21,27H,9-14,24-25H2,1-3H3,(H,26,30)/t16-,18-,19-,21-/m0/s1. The third-order valence-electron chi connectivity index (χ3n) is 5.11. The van der Waals surface area contributed by atoms with Crippen LogP contribution in [0.4, 0.5) is 0 Å². The Morgan fingerprint density at radius 2 is 1.65 bits per heavy atom. The van der Waals surface area contributed by atoms with E-state index in [1.807, 2.05) is 30.3 Å². The predicted octanol–water partition coefficient (Wildman–Crippen LogP) is 0.936. The van der Waals surface area contributed by atoms with Gasteiger partial charge in [-0.05, 0) is 38.4 Å². The van der Waals surface area contributed by atoms with Crippen LogP contribution in [0.3, 0.4) is 0 Å². The Kier molecular flexibility index (Phi) is 12.2. The monoisotopic (exact) mass is 435 g/mol. The molecule has 0 aliphatic heterocycles. The summed E-state index contributed by atoms with van der Waals surface area (Å²) in [5.41, 5.74) is 12.1. The van der Waals surface area contributed by atoms with Crippen molar-refractivity contribution in [3.63, 3.8) is 0 Å². The molecule has 4 atom stereocenters. The van der Waals surface area contributed by atoms with Crippen molar-refractivity contribution in [1.29, 1.82) is 0 Å². The van der Waals surface area contributed by atoms with Gasteiger partial charge in [0.25, 0.3) is 0 Å². The first-order valence-corrected chi connectivity index (χ1v) is 10.8. The largest absolute Gasteiger partial charge is 0.393 e.